The molecule has 0 atom stereocenters. The third kappa shape index (κ3) is 4.54. The lowest BCUT2D eigenvalue weighted by molar-refractivity contribution is 0.194. The van der Waals surface area contributed by atoms with Crippen molar-refractivity contribution in [1.82, 2.24) is 29.4 Å². The molecule has 4 aromatic heterocycles. The van der Waals surface area contributed by atoms with Crippen LogP contribution >= 0.6 is 0 Å². The largest absolute Gasteiger partial charge is 0.465 e. The molecule has 2 N–H and O–H groups in total. The number of carboxylic acid groups (broad SMARTS) is 1. The molecule has 4 heterocycles. The number of hydrogen-bond donors (Lipinski definition) is 2. The minimum absolute atomic E-state index is 0.138. The Labute approximate surface area is 223 Å². The van der Waals surface area contributed by atoms with Crippen molar-refractivity contribution in [1.29, 1.82) is 10.5 Å². The Morgan fingerprint density at radius 2 is 1.90 bits per heavy atom. The molecule has 0 aliphatic carbocycles. The molecule has 192 valence electrons. The average molecular weight is 518 g/mol. The number of benzene rings is 1. The van der Waals surface area contributed by atoms with Crippen molar-refractivity contribution in [2.24, 2.45) is 12.0 Å². The number of fused-ring (bicyclic) bond motifs is 3. The van der Waals surface area contributed by atoms with Crippen LogP contribution in [0.3, 0.4) is 0 Å². The number of pyridine rings is 3. The standard InChI is InChI=1S/C28H23N9O2/c1-28(2,15-29)24-7-5-20(13-33-24)37-25-21-9-18(19-8-17(10-31-12-19)11-34-27(38)39)4-6-22(21)32-14-23(25)36(3)26(37)35-16-30/h4-10,12-14,34H,11H2,1-3H3,(H,38,39). The molecule has 0 spiro atoms. The van der Waals surface area contributed by atoms with Crippen LogP contribution in [0.5, 0.6) is 0 Å². The molecular weight excluding hydrogens is 494 g/mol. The summed E-state index contributed by atoms with van der Waals surface area (Å²) < 4.78 is 3.65. The molecule has 0 bridgehead atoms. The predicted octanol–water partition coefficient (Wildman–Crippen LogP) is 3.92. The second kappa shape index (κ2) is 9.72. The second-order valence-corrected chi connectivity index (χ2v) is 9.51. The van der Waals surface area contributed by atoms with Gasteiger partial charge in [0, 0.05) is 36.9 Å². The number of amides is 1. The van der Waals surface area contributed by atoms with Crippen LogP contribution < -0.4 is 10.9 Å². The number of rotatable bonds is 5. The fraction of sp³-hybridized carbons (Fsp3) is 0.179. The molecule has 0 unspecified atom stereocenters. The summed E-state index contributed by atoms with van der Waals surface area (Å²) in [6, 6.07) is 13.6. The Hall–Kier alpha value is -5.55. The van der Waals surface area contributed by atoms with E-state index in [0.29, 0.717) is 17.0 Å². The van der Waals surface area contributed by atoms with Gasteiger partial charge in [-0.25, -0.2) is 4.79 Å². The van der Waals surface area contributed by atoms with Gasteiger partial charge < -0.3 is 15.0 Å². The summed E-state index contributed by atoms with van der Waals surface area (Å²) in [5.41, 5.74) is 5.62. The van der Waals surface area contributed by atoms with Gasteiger partial charge in [-0.05, 0) is 55.3 Å². The Morgan fingerprint density at radius 3 is 2.59 bits per heavy atom. The van der Waals surface area contributed by atoms with E-state index in [-0.39, 0.29) is 6.54 Å². The highest BCUT2D eigenvalue weighted by atomic mass is 16.4. The molecular formula is C28H23N9O2. The number of nitrogens with one attached hydrogen (secondary N) is 1. The molecule has 1 aromatic carbocycles. The maximum absolute atomic E-state index is 10.9. The van der Waals surface area contributed by atoms with Crippen LogP contribution in [0.2, 0.25) is 0 Å². The van der Waals surface area contributed by atoms with Gasteiger partial charge >= 0.3 is 6.09 Å². The lowest BCUT2D eigenvalue weighted by Gasteiger charge is -2.15. The molecule has 0 saturated heterocycles. The zero-order valence-corrected chi connectivity index (χ0v) is 21.4. The van der Waals surface area contributed by atoms with Crippen LogP contribution in [-0.4, -0.2) is 35.3 Å². The van der Waals surface area contributed by atoms with Crippen molar-refractivity contribution >= 4 is 28.0 Å². The molecule has 39 heavy (non-hydrogen) atoms. The lowest BCUT2D eigenvalue weighted by Crippen LogP contribution is -2.23. The Bertz CT molecular complexity index is 1900. The minimum Gasteiger partial charge on any atom is -0.465 e. The fourth-order valence-corrected chi connectivity index (χ4v) is 4.47. The highest BCUT2D eigenvalue weighted by molar-refractivity contribution is 6.04. The topological polar surface area (TPSA) is 158 Å². The highest BCUT2D eigenvalue weighted by Gasteiger charge is 2.22. The van der Waals surface area contributed by atoms with Crippen LogP contribution in [0.4, 0.5) is 4.79 Å². The van der Waals surface area contributed by atoms with E-state index < -0.39 is 11.5 Å². The van der Waals surface area contributed by atoms with E-state index in [2.05, 4.69) is 31.3 Å². The van der Waals surface area contributed by atoms with Gasteiger partial charge in [-0.1, -0.05) is 6.07 Å². The van der Waals surface area contributed by atoms with Gasteiger partial charge in [0.15, 0.2) is 0 Å². The number of aryl methyl sites for hydroxylation is 1. The third-order valence-electron chi connectivity index (χ3n) is 6.55. The molecule has 0 fully saturated rings. The first kappa shape index (κ1) is 25.1. The van der Waals surface area contributed by atoms with Crippen LogP contribution in [0.15, 0.2) is 66.2 Å². The first-order valence-corrected chi connectivity index (χ1v) is 12.0. The van der Waals surface area contributed by atoms with E-state index in [1.807, 2.05) is 48.1 Å². The third-order valence-corrected chi connectivity index (χ3v) is 6.55. The first-order chi connectivity index (χ1) is 18.7. The summed E-state index contributed by atoms with van der Waals surface area (Å²) in [6.07, 6.45) is 7.53. The number of nitrogens with zero attached hydrogens (tertiary/aromatic N) is 8. The van der Waals surface area contributed by atoms with Gasteiger partial charge in [0.05, 0.1) is 51.8 Å². The van der Waals surface area contributed by atoms with Gasteiger partial charge in [-0.3, -0.25) is 19.5 Å². The summed E-state index contributed by atoms with van der Waals surface area (Å²) >= 11 is 0. The summed E-state index contributed by atoms with van der Waals surface area (Å²) in [5.74, 6) is 0. The Kier molecular flexibility index (Phi) is 6.26. The quantitative estimate of drug-likeness (QED) is 0.334. The van der Waals surface area contributed by atoms with Crippen molar-refractivity contribution in [2.45, 2.75) is 25.8 Å². The summed E-state index contributed by atoms with van der Waals surface area (Å²) in [6.45, 7) is 3.75. The maximum atomic E-state index is 10.9. The van der Waals surface area contributed by atoms with Gasteiger partial charge in [0.2, 0.25) is 11.8 Å². The number of hydrogen-bond acceptors (Lipinski definition) is 7. The van der Waals surface area contributed by atoms with Gasteiger partial charge in [-0.2, -0.15) is 10.5 Å². The Morgan fingerprint density at radius 1 is 1.08 bits per heavy atom. The van der Waals surface area contributed by atoms with Crippen LogP contribution in [0.1, 0.15) is 25.1 Å². The lowest BCUT2D eigenvalue weighted by atomic mass is 9.91. The SMILES string of the molecule is Cn1c(=NC#N)n(-c2ccc(C(C)(C)C#N)nc2)c2c3cc(-c4cncc(CNC(=O)O)c4)ccc3ncc21. The van der Waals surface area contributed by atoms with Crippen molar-refractivity contribution in [3.63, 3.8) is 0 Å². The molecule has 0 radical (unpaired) electrons. The second-order valence-electron chi connectivity index (χ2n) is 9.51. The molecule has 0 aliphatic heterocycles. The summed E-state index contributed by atoms with van der Waals surface area (Å²) in [7, 11) is 1.82. The van der Waals surface area contributed by atoms with E-state index in [1.54, 1.807) is 49.3 Å². The van der Waals surface area contributed by atoms with Gasteiger partial charge in [0.1, 0.15) is 0 Å². The molecule has 5 aromatic rings. The zero-order valence-electron chi connectivity index (χ0n) is 21.4. The molecule has 5 rings (SSSR count). The first-order valence-electron chi connectivity index (χ1n) is 12.0. The number of aromatic nitrogens is 5. The molecule has 11 heteroatoms. The van der Waals surface area contributed by atoms with Gasteiger partial charge in [0.25, 0.3) is 0 Å². The zero-order chi connectivity index (χ0) is 27.7. The van der Waals surface area contributed by atoms with E-state index in [1.165, 1.54) is 0 Å². The predicted molar refractivity (Wildman–Crippen MR) is 143 cm³/mol. The van der Waals surface area contributed by atoms with Crippen LogP contribution in [0.25, 0.3) is 38.8 Å². The number of carbonyl (C=O) groups is 1. The fourth-order valence-electron chi connectivity index (χ4n) is 4.47. The molecule has 1 amide bonds. The van der Waals surface area contributed by atoms with E-state index in [9.17, 15) is 15.3 Å². The van der Waals surface area contributed by atoms with Crippen molar-refractivity contribution in [2.75, 3.05) is 0 Å². The van der Waals surface area contributed by atoms with Gasteiger partial charge in [-0.15, -0.1) is 4.99 Å². The van der Waals surface area contributed by atoms with Crippen LogP contribution in [-0.2, 0) is 19.0 Å². The number of imidazole rings is 1. The highest BCUT2D eigenvalue weighted by Crippen LogP contribution is 2.30. The van der Waals surface area contributed by atoms with Crippen molar-refractivity contribution < 1.29 is 9.90 Å². The summed E-state index contributed by atoms with van der Waals surface area (Å²) in [5, 5.41) is 31.1. The molecule has 0 aliphatic rings. The average Bonchev–Trinajstić information content (AvgIpc) is 3.23. The van der Waals surface area contributed by atoms with E-state index in [4.69, 9.17) is 5.11 Å². The maximum Gasteiger partial charge on any atom is 0.404 e. The van der Waals surface area contributed by atoms with E-state index >= 15 is 0 Å². The monoisotopic (exact) mass is 517 g/mol. The minimum atomic E-state index is -1.11. The Balaban J connectivity index is 1.75. The normalized spacial score (nSPS) is 11.9. The van der Waals surface area contributed by atoms with Crippen molar-refractivity contribution in [3.8, 4) is 29.1 Å². The number of nitriles is 2. The van der Waals surface area contributed by atoms with Crippen LogP contribution in [0, 0.1) is 22.8 Å². The van der Waals surface area contributed by atoms with Crippen molar-refractivity contribution in [3.05, 3.63) is 78.1 Å². The molecule has 11 nitrogen and oxygen atoms in total. The summed E-state index contributed by atoms with van der Waals surface area (Å²) in [4.78, 5) is 28.5. The smallest absolute Gasteiger partial charge is 0.404 e. The molecule has 0 saturated carbocycles. The van der Waals surface area contributed by atoms with E-state index in [0.717, 1.165) is 38.6 Å².